The van der Waals surface area contributed by atoms with Gasteiger partial charge in [-0.1, -0.05) is 57.9 Å². The Bertz CT molecular complexity index is 358. The van der Waals surface area contributed by atoms with Crippen molar-refractivity contribution in [1.29, 1.82) is 0 Å². The highest BCUT2D eigenvalue weighted by Crippen LogP contribution is 2.30. The van der Waals surface area contributed by atoms with Crippen LogP contribution in [0.15, 0.2) is 24.3 Å². The minimum Gasteiger partial charge on any atom is -0.314 e. The number of hydrogen-bond donors (Lipinski definition) is 1. The molecule has 0 heterocycles. The zero-order valence-corrected chi connectivity index (χ0v) is 12.8. The molecule has 0 amide bonds. The summed E-state index contributed by atoms with van der Waals surface area (Å²) in [6, 6.07) is 9.69. The van der Waals surface area contributed by atoms with Crippen molar-refractivity contribution < 1.29 is 0 Å². The van der Waals surface area contributed by atoms with Crippen LogP contribution >= 0.6 is 0 Å². The molecule has 0 aromatic heterocycles. The zero-order valence-electron chi connectivity index (χ0n) is 12.8. The fraction of sp³-hybridized carbons (Fsp3) is 0.667. The second kappa shape index (κ2) is 7.09. The van der Waals surface area contributed by atoms with Crippen LogP contribution in [-0.4, -0.2) is 12.6 Å². The topological polar surface area (TPSA) is 12.0 Å². The Labute approximate surface area is 118 Å². The molecule has 0 aliphatic heterocycles. The third-order valence-electron chi connectivity index (χ3n) is 4.41. The molecule has 1 unspecified atom stereocenters. The smallest absolute Gasteiger partial charge is 0.0102 e. The molecule has 0 saturated heterocycles. The largest absolute Gasteiger partial charge is 0.314 e. The monoisotopic (exact) mass is 259 g/mol. The molecule has 1 aliphatic carbocycles. The summed E-state index contributed by atoms with van der Waals surface area (Å²) in [6.45, 7) is 7.98. The van der Waals surface area contributed by atoms with Gasteiger partial charge in [0, 0.05) is 6.04 Å². The van der Waals surface area contributed by atoms with Gasteiger partial charge in [-0.25, -0.2) is 0 Å². The number of nitrogens with one attached hydrogen (secondary N) is 1. The van der Waals surface area contributed by atoms with Gasteiger partial charge in [-0.3, -0.25) is 0 Å². The lowest BCUT2D eigenvalue weighted by atomic mass is 9.91. The van der Waals surface area contributed by atoms with Crippen molar-refractivity contribution in [2.45, 2.75) is 58.9 Å². The number of benzene rings is 1. The van der Waals surface area contributed by atoms with Crippen LogP contribution in [-0.2, 0) is 12.8 Å². The van der Waals surface area contributed by atoms with Gasteiger partial charge in [-0.15, -0.1) is 0 Å². The van der Waals surface area contributed by atoms with Gasteiger partial charge in [0.2, 0.25) is 0 Å². The van der Waals surface area contributed by atoms with E-state index in [1.54, 1.807) is 11.1 Å². The van der Waals surface area contributed by atoms with E-state index in [0.717, 1.165) is 18.4 Å². The second-order valence-electron chi connectivity index (χ2n) is 6.43. The first-order chi connectivity index (χ1) is 9.20. The molecule has 1 heteroatoms. The highest BCUT2D eigenvalue weighted by Gasteiger charge is 2.27. The Balaban J connectivity index is 1.90. The Morgan fingerprint density at radius 1 is 1.11 bits per heavy atom. The first-order valence-corrected chi connectivity index (χ1v) is 8.00. The molecule has 1 nitrogen and oxygen atoms in total. The van der Waals surface area contributed by atoms with Crippen LogP contribution in [0, 0.1) is 11.8 Å². The van der Waals surface area contributed by atoms with Crippen LogP contribution in [0.25, 0.3) is 0 Å². The SMILES string of the molecule is CCNC(CCCC(C)C)C1Cc2ccccc2C1. The average molecular weight is 259 g/mol. The fourth-order valence-corrected chi connectivity index (χ4v) is 3.39. The normalized spacial score (nSPS) is 16.8. The minimum atomic E-state index is 0.705. The Kier molecular flexibility index (Phi) is 5.45. The summed E-state index contributed by atoms with van der Waals surface area (Å²) in [7, 11) is 0. The van der Waals surface area contributed by atoms with Gasteiger partial charge in [0.15, 0.2) is 0 Å². The lowest BCUT2D eigenvalue weighted by molar-refractivity contribution is 0.335. The van der Waals surface area contributed by atoms with Crippen molar-refractivity contribution in [1.82, 2.24) is 5.32 Å². The molecule has 1 aromatic carbocycles. The van der Waals surface area contributed by atoms with E-state index in [0.29, 0.717) is 6.04 Å². The molecule has 1 aliphatic rings. The van der Waals surface area contributed by atoms with E-state index >= 15 is 0 Å². The van der Waals surface area contributed by atoms with Gasteiger partial charge in [0.25, 0.3) is 0 Å². The molecule has 19 heavy (non-hydrogen) atoms. The molecule has 106 valence electrons. The van der Waals surface area contributed by atoms with Crippen LogP contribution < -0.4 is 5.32 Å². The highest BCUT2D eigenvalue weighted by molar-refractivity contribution is 5.32. The van der Waals surface area contributed by atoms with Crippen molar-refractivity contribution in [2.24, 2.45) is 11.8 Å². The molecule has 1 N–H and O–H groups in total. The minimum absolute atomic E-state index is 0.705. The highest BCUT2D eigenvalue weighted by atomic mass is 14.9. The maximum atomic E-state index is 3.73. The molecule has 1 atom stereocenters. The molecular weight excluding hydrogens is 230 g/mol. The van der Waals surface area contributed by atoms with Gasteiger partial charge in [-0.05, 0) is 48.8 Å². The quantitative estimate of drug-likeness (QED) is 0.773. The Hall–Kier alpha value is -0.820. The second-order valence-corrected chi connectivity index (χ2v) is 6.43. The van der Waals surface area contributed by atoms with Crippen LogP contribution in [0.2, 0.25) is 0 Å². The van der Waals surface area contributed by atoms with Crippen LogP contribution in [0.4, 0.5) is 0 Å². The molecule has 0 radical (unpaired) electrons. The number of hydrogen-bond acceptors (Lipinski definition) is 1. The maximum Gasteiger partial charge on any atom is 0.0102 e. The van der Waals surface area contributed by atoms with E-state index in [2.05, 4.69) is 50.4 Å². The average Bonchev–Trinajstić information content (AvgIpc) is 2.81. The molecular formula is C18H29N. The first-order valence-electron chi connectivity index (χ1n) is 8.00. The van der Waals surface area contributed by atoms with Gasteiger partial charge in [0.1, 0.15) is 0 Å². The molecule has 0 spiro atoms. The van der Waals surface area contributed by atoms with Crippen LogP contribution in [0.5, 0.6) is 0 Å². The van der Waals surface area contributed by atoms with Crippen molar-refractivity contribution >= 4 is 0 Å². The summed E-state index contributed by atoms with van der Waals surface area (Å²) in [5, 5.41) is 3.73. The third-order valence-corrected chi connectivity index (χ3v) is 4.41. The van der Waals surface area contributed by atoms with Crippen molar-refractivity contribution in [3.05, 3.63) is 35.4 Å². The molecule has 2 rings (SSSR count). The van der Waals surface area contributed by atoms with Crippen molar-refractivity contribution in [3.63, 3.8) is 0 Å². The summed E-state index contributed by atoms with van der Waals surface area (Å²) in [5.41, 5.74) is 3.17. The van der Waals surface area contributed by atoms with Crippen molar-refractivity contribution in [2.75, 3.05) is 6.54 Å². The van der Waals surface area contributed by atoms with Crippen LogP contribution in [0.3, 0.4) is 0 Å². The summed E-state index contributed by atoms with van der Waals surface area (Å²) in [4.78, 5) is 0. The fourth-order valence-electron chi connectivity index (χ4n) is 3.39. The van der Waals surface area contributed by atoms with E-state index in [4.69, 9.17) is 0 Å². The van der Waals surface area contributed by atoms with E-state index < -0.39 is 0 Å². The van der Waals surface area contributed by atoms with E-state index in [-0.39, 0.29) is 0 Å². The standard InChI is InChI=1S/C18H29N/c1-4-19-18(11-7-8-14(2)3)17-12-15-9-5-6-10-16(15)13-17/h5-6,9-10,14,17-19H,4,7-8,11-13H2,1-3H3. The molecule has 0 fully saturated rings. The zero-order chi connectivity index (χ0) is 13.7. The third kappa shape index (κ3) is 4.07. The molecule has 0 bridgehead atoms. The van der Waals surface area contributed by atoms with Gasteiger partial charge in [-0.2, -0.15) is 0 Å². The van der Waals surface area contributed by atoms with E-state index in [1.807, 2.05) is 0 Å². The van der Waals surface area contributed by atoms with Crippen LogP contribution in [0.1, 0.15) is 51.2 Å². The molecule has 0 saturated carbocycles. The summed E-state index contributed by atoms with van der Waals surface area (Å²) in [5.74, 6) is 1.65. The predicted octanol–water partition coefficient (Wildman–Crippen LogP) is 4.21. The number of fused-ring (bicyclic) bond motifs is 1. The van der Waals surface area contributed by atoms with Crippen molar-refractivity contribution in [3.8, 4) is 0 Å². The summed E-state index contributed by atoms with van der Waals surface area (Å²) < 4.78 is 0. The van der Waals surface area contributed by atoms with Gasteiger partial charge in [0.05, 0.1) is 0 Å². The molecule has 1 aromatic rings. The van der Waals surface area contributed by atoms with Gasteiger partial charge >= 0.3 is 0 Å². The first kappa shape index (κ1) is 14.6. The Morgan fingerprint density at radius 2 is 1.74 bits per heavy atom. The lowest BCUT2D eigenvalue weighted by Crippen LogP contribution is -2.36. The van der Waals surface area contributed by atoms with E-state index in [1.165, 1.54) is 32.1 Å². The maximum absolute atomic E-state index is 3.73. The predicted molar refractivity (Wildman–Crippen MR) is 83.5 cm³/mol. The van der Waals surface area contributed by atoms with Gasteiger partial charge < -0.3 is 5.32 Å². The number of rotatable bonds is 7. The van der Waals surface area contributed by atoms with E-state index in [9.17, 15) is 0 Å². The Morgan fingerprint density at radius 3 is 2.26 bits per heavy atom. The lowest BCUT2D eigenvalue weighted by Gasteiger charge is -2.24. The summed E-state index contributed by atoms with van der Waals surface area (Å²) in [6.07, 6.45) is 6.61. The summed E-state index contributed by atoms with van der Waals surface area (Å²) >= 11 is 0.